The number of amides is 1. The Bertz CT molecular complexity index is 460. The molecule has 0 radical (unpaired) electrons. The van der Waals surface area contributed by atoms with Gasteiger partial charge in [0.1, 0.15) is 11.8 Å². The first-order valence-electron chi connectivity index (χ1n) is 4.01. The highest BCUT2D eigenvalue weighted by Gasteiger charge is 2.17. The third-order valence-corrected chi connectivity index (χ3v) is 1.89. The van der Waals surface area contributed by atoms with Gasteiger partial charge in [0.15, 0.2) is 6.29 Å². The predicted octanol–water partition coefficient (Wildman–Crippen LogP) is 0.478. The van der Waals surface area contributed by atoms with E-state index in [0.717, 1.165) is 0 Å². The number of rotatable bonds is 3. The molecule has 5 heteroatoms. The van der Waals surface area contributed by atoms with Crippen LogP contribution in [0.4, 0.5) is 0 Å². The summed E-state index contributed by atoms with van der Waals surface area (Å²) in [5.41, 5.74) is 5.31. The third-order valence-electron chi connectivity index (χ3n) is 1.89. The molecule has 0 bridgehead atoms. The van der Waals surface area contributed by atoms with Crippen LogP contribution in [0.15, 0.2) is 12.1 Å². The lowest BCUT2D eigenvalue weighted by Gasteiger charge is -2.08. The van der Waals surface area contributed by atoms with E-state index in [-0.39, 0.29) is 22.4 Å². The molecule has 0 heterocycles. The highest BCUT2D eigenvalue weighted by atomic mass is 16.5. The van der Waals surface area contributed by atoms with Crippen molar-refractivity contribution in [3.63, 3.8) is 0 Å². The first kappa shape index (κ1) is 10.7. The average molecular weight is 204 g/mol. The second kappa shape index (κ2) is 4.24. The van der Waals surface area contributed by atoms with Crippen LogP contribution in [0.1, 0.15) is 26.3 Å². The number of nitriles is 1. The minimum absolute atomic E-state index is 0.0367. The number of methoxy groups -OCH3 is 1. The molecule has 1 aromatic rings. The van der Waals surface area contributed by atoms with Crippen molar-refractivity contribution >= 4 is 12.2 Å². The van der Waals surface area contributed by atoms with Crippen molar-refractivity contribution in [1.29, 1.82) is 5.26 Å². The number of carbonyl (C=O) groups excluding carboxylic acids is 2. The van der Waals surface area contributed by atoms with Crippen molar-refractivity contribution in [1.82, 2.24) is 0 Å². The predicted molar refractivity (Wildman–Crippen MR) is 51.6 cm³/mol. The van der Waals surface area contributed by atoms with Gasteiger partial charge in [-0.05, 0) is 12.1 Å². The van der Waals surface area contributed by atoms with Crippen LogP contribution in [0.5, 0.6) is 5.75 Å². The van der Waals surface area contributed by atoms with E-state index in [0.29, 0.717) is 6.29 Å². The monoisotopic (exact) mass is 204 g/mol. The summed E-state index contributed by atoms with van der Waals surface area (Å²) in [5, 5.41) is 8.75. The SMILES string of the molecule is COc1c(C#N)ccc(C=O)c1C(N)=O. The van der Waals surface area contributed by atoms with Gasteiger partial charge in [0.25, 0.3) is 5.91 Å². The second-order valence-electron chi connectivity index (χ2n) is 2.70. The van der Waals surface area contributed by atoms with Gasteiger partial charge in [-0.15, -0.1) is 0 Å². The van der Waals surface area contributed by atoms with E-state index in [4.69, 9.17) is 15.7 Å². The van der Waals surface area contributed by atoms with Crippen molar-refractivity contribution < 1.29 is 14.3 Å². The van der Waals surface area contributed by atoms with Gasteiger partial charge in [0, 0.05) is 5.56 Å². The summed E-state index contributed by atoms with van der Waals surface area (Å²) in [6.07, 6.45) is 0.490. The fourth-order valence-electron chi connectivity index (χ4n) is 1.25. The molecule has 0 aliphatic rings. The summed E-state index contributed by atoms with van der Waals surface area (Å²) in [4.78, 5) is 21.8. The molecule has 1 amide bonds. The van der Waals surface area contributed by atoms with Gasteiger partial charge in [-0.1, -0.05) is 0 Å². The van der Waals surface area contributed by atoms with E-state index in [2.05, 4.69) is 0 Å². The summed E-state index contributed by atoms with van der Waals surface area (Å²) >= 11 is 0. The van der Waals surface area contributed by atoms with E-state index >= 15 is 0 Å². The van der Waals surface area contributed by atoms with E-state index in [9.17, 15) is 9.59 Å². The number of hydrogen-bond acceptors (Lipinski definition) is 4. The summed E-state index contributed by atoms with van der Waals surface area (Å²) < 4.78 is 4.89. The van der Waals surface area contributed by atoms with Crippen molar-refractivity contribution in [2.24, 2.45) is 5.73 Å². The normalized spacial score (nSPS) is 9.07. The Labute approximate surface area is 86.1 Å². The maximum atomic E-state index is 11.1. The van der Waals surface area contributed by atoms with Crippen LogP contribution in [0.2, 0.25) is 0 Å². The molecule has 1 rings (SSSR count). The molecular weight excluding hydrogens is 196 g/mol. The Morgan fingerprint density at radius 2 is 2.27 bits per heavy atom. The molecule has 2 N–H and O–H groups in total. The number of primary amides is 1. The van der Waals surface area contributed by atoms with Crippen molar-refractivity contribution in [3.8, 4) is 11.8 Å². The van der Waals surface area contributed by atoms with Crippen LogP contribution in [0.25, 0.3) is 0 Å². The number of ether oxygens (including phenoxy) is 1. The first-order valence-corrected chi connectivity index (χ1v) is 4.01. The van der Waals surface area contributed by atoms with Gasteiger partial charge in [0.2, 0.25) is 0 Å². The second-order valence-corrected chi connectivity index (χ2v) is 2.70. The molecule has 0 saturated heterocycles. The lowest BCUT2D eigenvalue weighted by atomic mass is 10.0. The average Bonchev–Trinajstić information content (AvgIpc) is 2.26. The maximum absolute atomic E-state index is 11.1. The molecule has 15 heavy (non-hydrogen) atoms. The number of hydrogen-bond donors (Lipinski definition) is 1. The zero-order valence-electron chi connectivity index (χ0n) is 7.98. The van der Waals surface area contributed by atoms with Crippen molar-refractivity contribution in [3.05, 3.63) is 28.8 Å². The van der Waals surface area contributed by atoms with Gasteiger partial charge in [-0.2, -0.15) is 5.26 Å². The molecule has 0 aliphatic heterocycles. The minimum Gasteiger partial charge on any atom is -0.495 e. The molecule has 0 aromatic heterocycles. The Morgan fingerprint density at radius 3 is 2.67 bits per heavy atom. The van der Waals surface area contributed by atoms with Gasteiger partial charge in [-0.3, -0.25) is 9.59 Å². The molecule has 0 unspecified atom stereocenters. The lowest BCUT2D eigenvalue weighted by molar-refractivity contribution is 0.0990. The van der Waals surface area contributed by atoms with Crippen molar-refractivity contribution in [2.45, 2.75) is 0 Å². The number of nitrogens with two attached hydrogens (primary N) is 1. The Morgan fingerprint density at radius 1 is 1.60 bits per heavy atom. The van der Waals surface area contributed by atoms with Gasteiger partial charge in [0.05, 0.1) is 18.2 Å². The number of benzene rings is 1. The van der Waals surface area contributed by atoms with E-state index < -0.39 is 5.91 Å². The van der Waals surface area contributed by atoms with Crippen LogP contribution in [-0.4, -0.2) is 19.3 Å². The largest absolute Gasteiger partial charge is 0.495 e. The number of carbonyl (C=O) groups is 2. The zero-order chi connectivity index (χ0) is 11.4. The standard InChI is InChI=1S/C10H8N2O3/c1-15-9-6(4-11)2-3-7(5-13)8(9)10(12)14/h2-3,5H,1H3,(H2,12,14). The van der Waals surface area contributed by atoms with Crippen LogP contribution >= 0.6 is 0 Å². The number of nitrogens with zero attached hydrogens (tertiary/aromatic N) is 1. The minimum atomic E-state index is -0.800. The fraction of sp³-hybridized carbons (Fsp3) is 0.100. The molecule has 0 atom stereocenters. The van der Waals surface area contributed by atoms with Gasteiger partial charge >= 0.3 is 0 Å². The van der Waals surface area contributed by atoms with Crippen LogP contribution in [-0.2, 0) is 0 Å². The first-order chi connectivity index (χ1) is 7.15. The summed E-state index contributed by atoms with van der Waals surface area (Å²) in [5.74, 6) is -0.763. The number of aldehydes is 1. The molecule has 1 aromatic carbocycles. The van der Waals surface area contributed by atoms with Gasteiger partial charge in [-0.25, -0.2) is 0 Å². The van der Waals surface area contributed by atoms with Crippen LogP contribution < -0.4 is 10.5 Å². The van der Waals surface area contributed by atoms with Gasteiger partial charge < -0.3 is 10.5 Å². The summed E-state index contributed by atoms with van der Waals surface area (Å²) in [7, 11) is 1.30. The molecular formula is C10H8N2O3. The summed E-state index contributed by atoms with van der Waals surface area (Å²) in [6, 6.07) is 4.60. The quantitative estimate of drug-likeness (QED) is 0.724. The molecule has 0 saturated carbocycles. The molecule has 0 aliphatic carbocycles. The third kappa shape index (κ3) is 1.79. The molecule has 0 fully saturated rings. The summed E-state index contributed by atoms with van der Waals surface area (Å²) in [6.45, 7) is 0. The highest BCUT2D eigenvalue weighted by molar-refractivity contribution is 6.03. The lowest BCUT2D eigenvalue weighted by Crippen LogP contribution is -2.16. The topological polar surface area (TPSA) is 93.2 Å². The van der Waals surface area contributed by atoms with E-state index in [1.807, 2.05) is 6.07 Å². The smallest absolute Gasteiger partial charge is 0.253 e. The van der Waals surface area contributed by atoms with Crippen LogP contribution in [0, 0.1) is 11.3 Å². The van der Waals surface area contributed by atoms with E-state index in [1.165, 1.54) is 19.2 Å². The van der Waals surface area contributed by atoms with E-state index in [1.54, 1.807) is 0 Å². The van der Waals surface area contributed by atoms with Crippen LogP contribution in [0.3, 0.4) is 0 Å². The maximum Gasteiger partial charge on any atom is 0.253 e. The highest BCUT2D eigenvalue weighted by Crippen LogP contribution is 2.25. The molecule has 5 nitrogen and oxygen atoms in total. The molecule has 76 valence electrons. The fourth-order valence-corrected chi connectivity index (χ4v) is 1.25. The zero-order valence-corrected chi connectivity index (χ0v) is 7.98. The molecule has 0 spiro atoms. The Kier molecular flexibility index (Phi) is 3.03. The Hall–Kier alpha value is -2.35. The van der Waals surface area contributed by atoms with Crippen molar-refractivity contribution in [2.75, 3.05) is 7.11 Å². The Balaban J connectivity index is 3.60.